The molecule has 0 N–H and O–H groups in total. The monoisotopic (exact) mass is 665 g/mol. The van der Waals surface area contributed by atoms with Crippen molar-refractivity contribution in [3.05, 3.63) is 47.8 Å². The zero-order chi connectivity index (χ0) is 34.6. The van der Waals surface area contributed by atoms with E-state index in [1.54, 1.807) is 0 Å². The van der Waals surface area contributed by atoms with Crippen LogP contribution in [0.25, 0.3) is 5.57 Å². The molecule has 8 atom stereocenters. The highest BCUT2D eigenvalue weighted by atomic mass is 16.6. The topological polar surface area (TPSA) is 66.9 Å². The van der Waals surface area contributed by atoms with E-state index in [2.05, 4.69) is 85.0 Å². The van der Waals surface area contributed by atoms with Gasteiger partial charge in [0.15, 0.2) is 0 Å². The van der Waals surface area contributed by atoms with Crippen molar-refractivity contribution in [2.45, 2.75) is 117 Å². The van der Waals surface area contributed by atoms with E-state index >= 15 is 0 Å². The number of carbonyl (C=O) groups is 1. The highest BCUT2D eigenvalue weighted by molar-refractivity contribution is 5.72. The molecule has 7 nitrogen and oxygen atoms in total. The molecule has 0 amide bonds. The number of esters is 1. The number of aromatic nitrogens is 1. The van der Waals surface area contributed by atoms with Gasteiger partial charge in [-0.25, -0.2) is 4.79 Å². The van der Waals surface area contributed by atoms with Gasteiger partial charge in [0.05, 0.1) is 40.0 Å². The van der Waals surface area contributed by atoms with Crippen LogP contribution >= 0.6 is 0 Å². The molecule has 5 rings (SSSR count). The van der Waals surface area contributed by atoms with Crippen molar-refractivity contribution in [2.75, 3.05) is 54.1 Å². The van der Waals surface area contributed by atoms with Gasteiger partial charge in [0.2, 0.25) is 0 Å². The summed E-state index contributed by atoms with van der Waals surface area (Å²) in [5.74, 6) is 1.84. The summed E-state index contributed by atoms with van der Waals surface area (Å²) in [6, 6.07) is 4.30. The van der Waals surface area contributed by atoms with Crippen molar-refractivity contribution in [1.82, 2.24) is 4.98 Å². The van der Waals surface area contributed by atoms with Crippen molar-refractivity contribution in [3.8, 4) is 0 Å². The Kier molecular flexibility index (Phi) is 12.0. The van der Waals surface area contributed by atoms with Gasteiger partial charge in [-0.05, 0) is 110 Å². The number of nitrogens with zero attached hydrogens (tertiary/aromatic N) is 2. The van der Waals surface area contributed by atoms with Crippen LogP contribution in [0, 0.1) is 28.6 Å². The fourth-order valence-electron chi connectivity index (χ4n) is 9.69. The van der Waals surface area contributed by atoms with E-state index in [0.29, 0.717) is 37.6 Å². The molecule has 2 saturated carbocycles. The van der Waals surface area contributed by atoms with E-state index in [0.717, 1.165) is 56.0 Å². The molecule has 0 aliphatic heterocycles. The minimum absolute atomic E-state index is 0.0252. The van der Waals surface area contributed by atoms with E-state index in [-0.39, 0.29) is 41.2 Å². The third kappa shape index (κ3) is 8.45. The van der Waals surface area contributed by atoms with E-state index in [9.17, 15) is 4.79 Å². The summed E-state index contributed by atoms with van der Waals surface area (Å²) in [6.07, 6.45) is 19.6. The van der Waals surface area contributed by atoms with Gasteiger partial charge in [-0.15, -0.1) is 0 Å². The average Bonchev–Trinajstić information content (AvgIpc) is 3.41. The van der Waals surface area contributed by atoms with Crippen LogP contribution < -0.4 is 0 Å². The largest absolute Gasteiger partial charge is 0.460 e. The molecule has 1 heterocycles. The Hall–Kier alpha value is -2.06. The first-order valence-electron chi connectivity index (χ1n) is 18.9. The van der Waals surface area contributed by atoms with Crippen LogP contribution in [0.2, 0.25) is 0 Å². The molecule has 2 fully saturated rings. The number of fused-ring (bicyclic) bond motifs is 5. The summed E-state index contributed by atoms with van der Waals surface area (Å²) < 4.78 is 25.0. The number of rotatable bonds is 16. The maximum Gasteiger partial charge on any atom is 0.332 e. The summed E-state index contributed by atoms with van der Waals surface area (Å²) in [5, 5.41) is 0. The Morgan fingerprint density at radius 2 is 1.83 bits per heavy atom. The van der Waals surface area contributed by atoms with Crippen LogP contribution in [0.15, 0.2) is 42.3 Å². The number of carbonyl (C=O) groups excluding carboxylic acids is 1. The molecule has 1 aromatic rings. The number of allylic oxidation sites excluding steroid dienone is 3. The molecule has 48 heavy (non-hydrogen) atoms. The van der Waals surface area contributed by atoms with E-state index in [1.807, 2.05) is 12.4 Å². The number of quaternary nitrogens is 1. The molecule has 0 bridgehead atoms. The lowest BCUT2D eigenvalue weighted by Gasteiger charge is -2.57. The van der Waals surface area contributed by atoms with Crippen LogP contribution in [-0.4, -0.2) is 87.4 Å². The van der Waals surface area contributed by atoms with Gasteiger partial charge in [0.1, 0.15) is 25.4 Å². The lowest BCUT2D eigenvalue weighted by molar-refractivity contribution is -0.873. The molecule has 7 heteroatoms. The predicted octanol–water partition coefficient (Wildman–Crippen LogP) is 8.04. The molecule has 4 aliphatic rings. The Morgan fingerprint density at radius 3 is 2.54 bits per heavy atom. The number of hydrogen-bond acceptors (Lipinski definition) is 6. The summed E-state index contributed by atoms with van der Waals surface area (Å²) >= 11 is 0. The van der Waals surface area contributed by atoms with E-state index < -0.39 is 0 Å². The molecule has 0 spiro atoms. The smallest absolute Gasteiger partial charge is 0.332 e. The summed E-state index contributed by atoms with van der Waals surface area (Å²) in [6.45, 7) is 14.0. The molecule has 0 radical (unpaired) electrons. The Bertz CT molecular complexity index is 1290. The molecule has 4 aliphatic carbocycles. The van der Waals surface area contributed by atoms with Gasteiger partial charge < -0.3 is 23.4 Å². The maximum atomic E-state index is 12.8. The zero-order valence-electron chi connectivity index (χ0n) is 31.4. The molecule has 1 aromatic heterocycles. The first kappa shape index (κ1) is 37.2. The molecule has 0 aromatic carbocycles. The molecular formula is C41H65N2O5+. The van der Waals surface area contributed by atoms with Gasteiger partial charge in [0, 0.05) is 25.4 Å². The standard InChI is InChI=1S/C41H65N2O5/c1-9-32(28-43(6,7)8)46-23-21-39(3,10-2)47-25-24-45-29-38(44)48-33-17-19-40(4)31(26-33)13-14-34-36-16-15-35(30-12-11-22-42-27-30)41(36,5)20-18-37(34)40/h11-13,15,22,27,32-34,36-37H,9-10,14,16-21,23-26,28-29H2,1-8H3/q+1. The van der Waals surface area contributed by atoms with E-state index in [4.69, 9.17) is 18.9 Å². The van der Waals surface area contributed by atoms with E-state index in [1.165, 1.54) is 36.0 Å². The molecular weight excluding hydrogens is 600 g/mol. The normalized spacial score (nSPS) is 31.8. The predicted molar refractivity (Wildman–Crippen MR) is 192 cm³/mol. The molecule has 268 valence electrons. The van der Waals surface area contributed by atoms with Crippen molar-refractivity contribution in [2.24, 2.45) is 28.6 Å². The lowest BCUT2D eigenvalue weighted by atomic mass is 9.47. The number of pyridine rings is 1. The summed E-state index contributed by atoms with van der Waals surface area (Å²) in [4.78, 5) is 17.2. The minimum Gasteiger partial charge on any atom is -0.460 e. The third-order valence-electron chi connectivity index (χ3n) is 12.7. The molecule has 0 saturated heterocycles. The fourth-order valence-corrected chi connectivity index (χ4v) is 9.69. The number of ether oxygens (including phenoxy) is 4. The summed E-state index contributed by atoms with van der Waals surface area (Å²) in [5.41, 5.74) is 4.51. The van der Waals surface area contributed by atoms with Crippen molar-refractivity contribution >= 4 is 11.5 Å². The van der Waals surface area contributed by atoms with Crippen molar-refractivity contribution < 1.29 is 28.2 Å². The average molecular weight is 666 g/mol. The maximum absolute atomic E-state index is 12.8. The van der Waals surface area contributed by atoms with Crippen LogP contribution in [-0.2, 0) is 23.7 Å². The highest BCUT2D eigenvalue weighted by Crippen LogP contribution is 2.66. The van der Waals surface area contributed by atoms with Gasteiger partial charge in [-0.1, -0.05) is 51.5 Å². The second-order valence-electron chi connectivity index (χ2n) is 17.0. The quantitative estimate of drug-likeness (QED) is 0.0771. The minimum atomic E-state index is -0.271. The SMILES string of the molecule is CCC(C[N+](C)(C)C)OCCC(C)(CC)OCCOCC(=O)OC1CCC2(C)C(=CCC3C2CCC2(C)C(c4cccnc4)=CCC32)C1. The van der Waals surface area contributed by atoms with Crippen LogP contribution in [0.4, 0.5) is 0 Å². The van der Waals surface area contributed by atoms with Gasteiger partial charge in [-0.2, -0.15) is 0 Å². The first-order valence-corrected chi connectivity index (χ1v) is 18.9. The van der Waals surface area contributed by atoms with Crippen LogP contribution in [0.1, 0.15) is 104 Å². The zero-order valence-corrected chi connectivity index (χ0v) is 31.4. The van der Waals surface area contributed by atoms with Gasteiger partial charge >= 0.3 is 5.97 Å². The Labute approximate surface area is 291 Å². The van der Waals surface area contributed by atoms with Crippen molar-refractivity contribution in [1.29, 1.82) is 0 Å². The second-order valence-corrected chi connectivity index (χ2v) is 17.0. The number of likely N-dealkylation sites (N-methyl/N-ethyl adjacent to an activating group) is 1. The van der Waals surface area contributed by atoms with Crippen LogP contribution in [0.3, 0.4) is 0 Å². The van der Waals surface area contributed by atoms with Gasteiger partial charge in [-0.3, -0.25) is 4.98 Å². The second kappa shape index (κ2) is 15.4. The Balaban J connectivity index is 1.04. The molecule has 8 unspecified atom stereocenters. The fraction of sp³-hybridized carbons (Fsp3) is 0.756. The third-order valence-corrected chi connectivity index (χ3v) is 12.7. The summed E-state index contributed by atoms with van der Waals surface area (Å²) in [7, 11) is 6.60. The lowest BCUT2D eigenvalue weighted by Crippen LogP contribution is -2.50. The first-order chi connectivity index (χ1) is 22.8. The highest BCUT2D eigenvalue weighted by Gasteiger charge is 2.57. The van der Waals surface area contributed by atoms with Crippen LogP contribution in [0.5, 0.6) is 0 Å². The van der Waals surface area contributed by atoms with Gasteiger partial charge in [0.25, 0.3) is 0 Å². The Morgan fingerprint density at radius 1 is 1.04 bits per heavy atom. The number of hydrogen-bond donors (Lipinski definition) is 0. The van der Waals surface area contributed by atoms with Crippen molar-refractivity contribution in [3.63, 3.8) is 0 Å².